The molecule has 1 unspecified atom stereocenters. The van der Waals surface area contributed by atoms with Gasteiger partial charge in [-0.1, -0.05) is 6.07 Å². The number of esters is 1. The minimum absolute atomic E-state index is 0.0593. The standard InChI is InChI=1S/C22H27N7O4/c1-15-17(13-33-20(15)30)28-12-18(32-2)22(21(28)31)6-9-27(10-7-22)8-5-16-3-4-19(23-11-16)29-14-24-25-26-29/h3-4,11,14,18H,5-10,12-13H2,1-2H3. The maximum atomic E-state index is 13.5. The Hall–Kier alpha value is -3.18. The predicted molar refractivity (Wildman–Crippen MR) is 115 cm³/mol. The van der Waals surface area contributed by atoms with Gasteiger partial charge in [-0.3, -0.25) is 4.79 Å². The summed E-state index contributed by atoms with van der Waals surface area (Å²) in [5.41, 5.74) is 1.80. The summed E-state index contributed by atoms with van der Waals surface area (Å²) in [7, 11) is 1.67. The molecule has 0 saturated carbocycles. The molecular weight excluding hydrogens is 426 g/mol. The van der Waals surface area contributed by atoms with E-state index in [0.29, 0.717) is 23.6 Å². The topological polar surface area (TPSA) is 116 Å². The summed E-state index contributed by atoms with van der Waals surface area (Å²) in [6, 6.07) is 3.94. The number of piperidine rings is 1. The Bertz CT molecular complexity index is 1060. The second-order valence-corrected chi connectivity index (χ2v) is 8.81. The molecule has 0 N–H and O–H groups in total. The van der Waals surface area contributed by atoms with Crippen molar-refractivity contribution in [2.75, 3.05) is 39.9 Å². The number of tetrazole rings is 1. The van der Waals surface area contributed by atoms with E-state index in [1.807, 2.05) is 18.3 Å². The highest BCUT2D eigenvalue weighted by Crippen LogP contribution is 2.45. The fraction of sp³-hybridized carbons (Fsp3) is 0.545. The van der Waals surface area contributed by atoms with Crippen molar-refractivity contribution in [2.45, 2.75) is 32.3 Å². The average Bonchev–Trinajstić information content (AvgIpc) is 3.55. The number of cyclic esters (lactones) is 1. The molecule has 2 fully saturated rings. The summed E-state index contributed by atoms with van der Waals surface area (Å²) in [6.45, 7) is 4.89. The molecule has 33 heavy (non-hydrogen) atoms. The third kappa shape index (κ3) is 3.80. The number of rotatable bonds is 6. The van der Waals surface area contributed by atoms with E-state index < -0.39 is 5.41 Å². The highest BCUT2D eigenvalue weighted by atomic mass is 16.5. The second kappa shape index (κ2) is 8.64. The molecule has 2 saturated heterocycles. The van der Waals surface area contributed by atoms with Gasteiger partial charge in [0.25, 0.3) is 0 Å². The largest absolute Gasteiger partial charge is 0.456 e. The van der Waals surface area contributed by atoms with Gasteiger partial charge < -0.3 is 19.3 Å². The summed E-state index contributed by atoms with van der Waals surface area (Å²) in [4.78, 5) is 33.9. The molecule has 2 aromatic rings. The van der Waals surface area contributed by atoms with E-state index in [9.17, 15) is 9.59 Å². The van der Waals surface area contributed by atoms with Gasteiger partial charge in [-0.25, -0.2) is 9.78 Å². The van der Waals surface area contributed by atoms with Crippen LogP contribution in [0.1, 0.15) is 25.3 Å². The molecule has 1 amide bonds. The van der Waals surface area contributed by atoms with Crippen LogP contribution in [0.25, 0.3) is 5.82 Å². The van der Waals surface area contributed by atoms with E-state index in [4.69, 9.17) is 9.47 Å². The van der Waals surface area contributed by atoms with Gasteiger partial charge in [0.2, 0.25) is 5.91 Å². The van der Waals surface area contributed by atoms with E-state index in [1.54, 1.807) is 18.9 Å². The minimum atomic E-state index is -0.542. The summed E-state index contributed by atoms with van der Waals surface area (Å²) >= 11 is 0. The maximum absolute atomic E-state index is 13.5. The van der Waals surface area contributed by atoms with Gasteiger partial charge in [0, 0.05) is 19.9 Å². The number of likely N-dealkylation sites (tertiary alicyclic amines) is 2. The minimum Gasteiger partial charge on any atom is -0.456 e. The van der Waals surface area contributed by atoms with Crippen LogP contribution in [0, 0.1) is 5.41 Å². The Kier molecular flexibility index (Phi) is 5.67. The Morgan fingerprint density at radius 1 is 1.24 bits per heavy atom. The molecule has 0 aromatic carbocycles. The van der Waals surface area contributed by atoms with Crippen molar-refractivity contribution >= 4 is 11.9 Å². The van der Waals surface area contributed by atoms with E-state index in [1.165, 1.54) is 11.0 Å². The van der Waals surface area contributed by atoms with Crippen LogP contribution >= 0.6 is 0 Å². The number of nitrogens with zero attached hydrogens (tertiary/aromatic N) is 7. The lowest BCUT2D eigenvalue weighted by Crippen LogP contribution is -2.49. The van der Waals surface area contributed by atoms with E-state index >= 15 is 0 Å². The normalized spacial score (nSPS) is 23.1. The Labute approximate surface area is 191 Å². The molecule has 5 rings (SSSR count). The fourth-order valence-corrected chi connectivity index (χ4v) is 5.08. The zero-order valence-electron chi connectivity index (χ0n) is 18.8. The molecule has 0 aliphatic carbocycles. The van der Waals surface area contributed by atoms with Crippen LogP contribution in [0.4, 0.5) is 0 Å². The number of amides is 1. The first-order chi connectivity index (χ1) is 16.0. The van der Waals surface area contributed by atoms with Gasteiger partial charge in [-0.2, -0.15) is 4.68 Å². The zero-order chi connectivity index (χ0) is 23.0. The number of methoxy groups -OCH3 is 1. The third-order valence-corrected chi connectivity index (χ3v) is 7.18. The first-order valence-electron chi connectivity index (χ1n) is 11.1. The number of carbonyl (C=O) groups excluding carboxylic acids is 2. The first-order valence-corrected chi connectivity index (χ1v) is 11.1. The highest BCUT2D eigenvalue weighted by molar-refractivity contribution is 5.94. The molecule has 174 valence electrons. The van der Waals surface area contributed by atoms with Crippen molar-refractivity contribution in [3.63, 3.8) is 0 Å². The average molecular weight is 454 g/mol. The van der Waals surface area contributed by atoms with Gasteiger partial charge in [-0.05, 0) is 61.3 Å². The van der Waals surface area contributed by atoms with Crippen LogP contribution in [0.3, 0.4) is 0 Å². The SMILES string of the molecule is COC1CN(C2=C(C)C(=O)OC2)C(=O)C12CCN(CCc1ccc(-n3cnnn3)nc1)CC2. The number of pyridine rings is 1. The van der Waals surface area contributed by atoms with Crippen molar-refractivity contribution in [1.29, 1.82) is 0 Å². The summed E-state index contributed by atoms with van der Waals surface area (Å²) in [6.07, 6.45) is 5.51. The van der Waals surface area contributed by atoms with Crippen molar-refractivity contribution in [2.24, 2.45) is 5.41 Å². The van der Waals surface area contributed by atoms with Gasteiger partial charge in [-0.15, -0.1) is 5.10 Å². The van der Waals surface area contributed by atoms with Crippen molar-refractivity contribution in [3.8, 4) is 5.82 Å². The Balaban J connectivity index is 1.20. The van der Waals surface area contributed by atoms with Gasteiger partial charge in [0.05, 0.1) is 29.3 Å². The molecule has 3 aliphatic heterocycles. The highest BCUT2D eigenvalue weighted by Gasteiger charge is 2.56. The van der Waals surface area contributed by atoms with Crippen LogP contribution in [0.15, 0.2) is 35.9 Å². The van der Waals surface area contributed by atoms with Gasteiger partial charge >= 0.3 is 5.97 Å². The quantitative estimate of drug-likeness (QED) is 0.572. The summed E-state index contributed by atoms with van der Waals surface area (Å²) in [5.74, 6) is 0.394. The molecule has 1 atom stereocenters. The molecule has 5 heterocycles. The number of ether oxygens (including phenoxy) is 2. The molecule has 0 radical (unpaired) electrons. The third-order valence-electron chi connectivity index (χ3n) is 7.18. The van der Waals surface area contributed by atoms with Crippen LogP contribution in [0.5, 0.6) is 0 Å². The number of carbonyl (C=O) groups is 2. The number of aromatic nitrogens is 5. The Morgan fingerprint density at radius 3 is 2.67 bits per heavy atom. The van der Waals surface area contributed by atoms with Crippen LogP contribution < -0.4 is 0 Å². The van der Waals surface area contributed by atoms with Gasteiger partial charge in [0.15, 0.2) is 5.82 Å². The second-order valence-electron chi connectivity index (χ2n) is 8.81. The molecule has 1 spiro atoms. The molecule has 2 aromatic heterocycles. The lowest BCUT2D eigenvalue weighted by atomic mass is 9.75. The summed E-state index contributed by atoms with van der Waals surface area (Å²) in [5, 5.41) is 11.1. The van der Waals surface area contributed by atoms with E-state index in [-0.39, 0.29) is 24.6 Å². The van der Waals surface area contributed by atoms with Crippen LogP contribution in [0.2, 0.25) is 0 Å². The van der Waals surface area contributed by atoms with Crippen LogP contribution in [-0.4, -0.2) is 92.9 Å². The number of hydrogen-bond donors (Lipinski definition) is 0. The number of hydrogen-bond acceptors (Lipinski definition) is 9. The lowest BCUT2D eigenvalue weighted by molar-refractivity contribution is -0.141. The monoisotopic (exact) mass is 453 g/mol. The predicted octanol–water partition coefficient (Wildman–Crippen LogP) is 0.370. The zero-order valence-corrected chi connectivity index (χ0v) is 18.8. The van der Waals surface area contributed by atoms with Crippen molar-refractivity contribution < 1.29 is 19.1 Å². The van der Waals surface area contributed by atoms with Crippen LogP contribution in [-0.2, 0) is 25.5 Å². The maximum Gasteiger partial charge on any atom is 0.336 e. The van der Waals surface area contributed by atoms with Crippen molar-refractivity contribution in [3.05, 3.63) is 41.5 Å². The fourth-order valence-electron chi connectivity index (χ4n) is 5.08. The molecule has 0 bridgehead atoms. The Morgan fingerprint density at radius 2 is 2.06 bits per heavy atom. The van der Waals surface area contributed by atoms with E-state index in [2.05, 4.69) is 25.4 Å². The first kappa shape index (κ1) is 21.7. The van der Waals surface area contributed by atoms with Crippen molar-refractivity contribution in [1.82, 2.24) is 35.0 Å². The molecule has 11 nitrogen and oxygen atoms in total. The van der Waals surface area contributed by atoms with Gasteiger partial charge in [0.1, 0.15) is 12.9 Å². The smallest absolute Gasteiger partial charge is 0.336 e. The lowest BCUT2D eigenvalue weighted by Gasteiger charge is -2.40. The van der Waals surface area contributed by atoms with E-state index in [0.717, 1.165) is 44.5 Å². The summed E-state index contributed by atoms with van der Waals surface area (Å²) < 4.78 is 12.4. The molecule has 11 heteroatoms. The molecular formula is C22H27N7O4. The molecule has 3 aliphatic rings.